The van der Waals surface area contributed by atoms with Crippen LogP contribution in [0.5, 0.6) is 0 Å². The standard InChI is InChI=1S/C28H33F2N5O2/c1-18-13-20(15-32-27(18)21-3-6-23(7-4-21)34-9-11-37-12-10-34)14-25(36)24-17-33-35(19(24)2)26-8-5-22(16-31-26)28(29)30/h5,8,13,15-17,21,23,28H,3-4,6-7,9-12,14H2,1-2H3. The maximum Gasteiger partial charge on any atom is 0.265 e. The molecule has 0 unspecified atom stereocenters. The number of hydrogen-bond donors (Lipinski definition) is 0. The minimum Gasteiger partial charge on any atom is -0.379 e. The number of aromatic nitrogens is 4. The van der Waals surface area contributed by atoms with Gasteiger partial charge in [0.25, 0.3) is 6.43 Å². The van der Waals surface area contributed by atoms with Gasteiger partial charge in [-0.1, -0.05) is 6.07 Å². The Kier molecular flexibility index (Phi) is 7.71. The van der Waals surface area contributed by atoms with Gasteiger partial charge in [0.1, 0.15) is 0 Å². The monoisotopic (exact) mass is 509 g/mol. The summed E-state index contributed by atoms with van der Waals surface area (Å²) >= 11 is 0. The lowest BCUT2D eigenvalue weighted by Crippen LogP contribution is -2.44. The maximum absolute atomic E-state index is 13.1. The molecule has 5 rings (SSSR count). The van der Waals surface area contributed by atoms with Crippen molar-refractivity contribution < 1.29 is 18.3 Å². The lowest BCUT2D eigenvalue weighted by atomic mass is 9.81. The van der Waals surface area contributed by atoms with Gasteiger partial charge in [0, 0.05) is 55.1 Å². The highest BCUT2D eigenvalue weighted by atomic mass is 19.3. The van der Waals surface area contributed by atoms with Crippen molar-refractivity contribution in [3.63, 3.8) is 0 Å². The van der Waals surface area contributed by atoms with Crippen LogP contribution in [0.2, 0.25) is 0 Å². The van der Waals surface area contributed by atoms with Crippen LogP contribution in [0, 0.1) is 13.8 Å². The van der Waals surface area contributed by atoms with Crippen LogP contribution in [-0.4, -0.2) is 62.8 Å². The van der Waals surface area contributed by atoms with Crippen LogP contribution >= 0.6 is 0 Å². The van der Waals surface area contributed by atoms with Crippen molar-refractivity contribution in [1.29, 1.82) is 0 Å². The van der Waals surface area contributed by atoms with Gasteiger partial charge in [0.15, 0.2) is 11.6 Å². The number of rotatable bonds is 7. The molecule has 37 heavy (non-hydrogen) atoms. The summed E-state index contributed by atoms with van der Waals surface area (Å²) in [6, 6.07) is 5.54. The van der Waals surface area contributed by atoms with Crippen molar-refractivity contribution in [2.75, 3.05) is 26.3 Å². The van der Waals surface area contributed by atoms with Gasteiger partial charge in [-0.3, -0.25) is 14.7 Å². The van der Waals surface area contributed by atoms with E-state index in [1.54, 1.807) is 6.92 Å². The smallest absolute Gasteiger partial charge is 0.265 e. The van der Waals surface area contributed by atoms with Crippen molar-refractivity contribution in [1.82, 2.24) is 24.6 Å². The minimum atomic E-state index is -2.58. The van der Waals surface area contributed by atoms with Crippen LogP contribution in [0.3, 0.4) is 0 Å². The number of ketones is 1. The van der Waals surface area contributed by atoms with Gasteiger partial charge in [-0.15, -0.1) is 0 Å². The van der Waals surface area contributed by atoms with Crippen LogP contribution in [-0.2, 0) is 11.2 Å². The van der Waals surface area contributed by atoms with E-state index in [9.17, 15) is 13.6 Å². The lowest BCUT2D eigenvalue weighted by Gasteiger charge is -2.38. The summed E-state index contributed by atoms with van der Waals surface area (Å²) in [4.78, 5) is 24.6. The first kappa shape index (κ1) is 25.6. The van der Waals surface area contributed by atoms with Crippen LogP contribution in [0.1, 0.15) is 76.5 Å². The highest BCUT2D eigenvalue weighted by Crippen LogP contribution is 2.35. The van der Waals surface area contributed by atoms with Crippen molar-refractivity contribution in [2.24, 2.45) is 0 Å². The second-order valence-electron chi connectivity index (χ2n) is 10.1. The normalized spacial score (nSPS) is 20.9. The summed E-state index contributed by atoms with van der Waals surface area (Å²) in [6.45, 7) is 7.62. The molecule has 196 valence electrons. The third kappa shape index (κ3) is 5.62. The molecule has 2 fully saturated rings. The van der Waals surface area contributed by atoms with Crippen LogP contribution < -0.4 is 0 Å². The second-order valence-corrected chi connectivity index (χ2v) is 10.1. The number of nitrogens with zero attached hydrogens (tertiary/aromatic N) is 5. The number of aryl methyl sites for hydroxylation is 1. The molecule has 3 aromatic rings. The van der Waals surface area contributed by atoms with E-state index in [4.69, 9.17) is 9.72 Å². The summed E-state index contributed by atoms with van der Waals surface area (Å²) in [5.41, 5.74) is 4.12. The Morgan fingerprint density at radius 1 is 1.05 bits per heavy atom. The van der Waals surface area contributed by atoms with Crippen molar-refractivity contribution in [2.45, 2.75) is 64.3 Å². The molecular formula is C28H33F2N5O2. The molecule has 1 aliphatic carbocycles. The lowest BCUT2D eigenvalue weighted by molar-refractivity contribution is 0.00719. The quantitative estimate of drug-likeness (QED) is 0.418. The molecular weight excluding hydrogens is 476 g/mol. The molecule has 4 heterocycles. The van der Waals surface area contributed by atoms with Gasteiger partial charge in [0.2, 0.25) is 0 Å². The summed E-state index contributed by atoms with van der Waals surface area (Å²) in [7, 11) is 0. The molecule has 0 aromatic carbocycles. The predicted octanol–water partition coefficient (Wildman–Crippen LogP) is 5.00. The molecule has 2 aliphatic rings. The van der Waals surface area contributed by atoms with E-state index in [1.807, 2.05) is 6.20 Å². The molecule has 7 nitrogen and oxygen atoms in total. The number of halogens is 2. The van der Waals surface area contributed by atoms with Gasteiger partial charge in [-0.05, 0) is 62.8 Å². The first-order valence-electron chi connectivity index (χ1n) is 13.0. The summed E-state index contributed by atoms with van der Waals surface area (Å²) in [5.74, 6) is 0.797. The maximum atomic E-state index is 13.1. The predicted molar refractivity (Wildman–Crippen MR) is 135 cm³/mol. The van der Waals surface area contributed by atoms with E-state index in [0.717, 1.165) is 62.2 Å². The summed E-state index contributed by atoms with van der Waals surface area (Å²) in [6.07, 6.45) is 6.78. The molecule has 9 heteroatoms. The summed E-state index contributed by atoms with van der Waals surface area (Å²) < 4.78 is 32.6. The highest BCUT2D eigenvalue weighted by molar-refractivity contribution is 5.98. The third-order valence-corrected chi connectivity index (χ3v) is 7.74. The fourth-order valence-corrected chi connectivity index (χ4v) is 5.67. The van der Waals surface area contributed by atoms with Gasteiger partial charge in [-0.2, -0.15) is 5.10 Å². The van der Waals surface area contributed by atoms with E-state index in [0.29, 0.717) is 29.0 Å². The number of morpholine rings is 1. The first-order chi connectivity index (χ1) is 17.9. The molecule has 1 saturated carbocycles. The van der Waals surface area contributed by atoms with Gasteiger partial charge >= 0.3 is 0 Å². The zero-order valence-electron chi connectivity index (χ0n) is 21.4. The molecule has 1 aliphatic heterocycles. The number of alkyl halides is 2. The number of ether oxygens (including phenoxy) is 1. The molecule has 1 saturated heterocycles. The van der Waals surface area contributed by atoms with E-state index < -0.39 is 6.43 Å². The molecule has 0 N–H and O–H groups in total. The SMILES string of the molecule is Cc1cc(CC(=O)c2cnn(-c3ccc(C(F)F)cn3)c2C)cnc1C1CCC(N2CCOCC2)CC1. The molecule has 0 spiro atoms. The van der Waals surface area contributed by atoms with Gasteiger partial charge < -0.3 is 4.74 Å². The van der Waals surface area contributed by atoms with E-state index in [2.05, 4.69) is 28.0 Å². The Balaban J connectivity index is 1.22. The van der Waals surface area contributed by atoms with E-state index in [1.165, 1.54) is 35.9 Å². The summed E-state index contributed by atoms with van der Waals surface area (Å²) in [5, 5.41) is 4.28. The Morgan fingerprint density at radius 2 is 1.81 bits per heavy atom. The van der Waals surface area contributed by atoms with Crippen molar-refractivity contribution >= 4 is 5.78 Å². The Bertz CT molecular complexity index is 1230. The fraction of sp³-hybridized carbons (Fsp3) is 0.500. The zero-order valence-corrected chi connectivity index (χ0v) is 21.4. The molecule has 0 bridgehead atoms. The van der Waals surface area contributed by atoms with E-state index in [-0.39, 0.29) is 17.8 Å². The number of carbonyl (C=O) groups excluding carboxylic acids is 1. The second kappa shape index (κ2) is 11.1. The first-order valence-corrected chi connectivity index (χ1v) is 13.0. The third-order valence-electron chi connectivity index (χ3n) is 7.74. The number of hydrogen-bond acceptors (Lipinski definition) is 6. The topological polar surface area (TPSA) is 73.1 Å². The van der Waals surface area contributed by atoms with Gasteiger partial charge in [-0.25, -0.2) is 18.4 Å². The number of pyridine rings is 2. The molecule has 0 atom stereocenters. The number of carbonyl (C=O) groups is 1. The Hall–Kier alpha value is -3.04. The molecule has 0 amide bonds. The molecule has 3 aromatic heterocycles. The van der Waals surface area contributed by atoms with Gasteiger partial charge in [0.05, 0.1) is 30.7 Å². The van der Waals surface area contributed by atoms with Crippen LogP contribution in [0.4, 0.5) is 8.78 Å². The van der Waals surface area contributed by atoms with E-state index >= 15 is 0 Å². The van der Waals surface area contributed by atoms with Crippen molar-refractivity contribution in [3.05, 3.63) is 70.4 Å². The fourth-order valence-electron chi connectivity index (χ4n) is 5.67. The average Bonchev–Trinajstić information content (AvgIpc) is 3.31. The Labute approximate surface area is 215 Å². The minimum absolute atomic E-state index is 0.0621. The molecule has 0 radical (unpaired) electrons. The van der Waals surface area contributed by atoms with Crippen LogP contribution in [0.15, 0.2) is 36.8 Å². The highest BCUT2D eigenvalue weighted by Gasteiger charge is 2.29. The zero-order chi connectivity index (χ0) is 25.9. The van der Waals surface area contributed by atoms with Crippen LogP contribution in [0.25, 0.3) is 5.82 Å². The average molecular weight is 510 g/mol. The van der Waals surface area contributed by atoms with Crippen molar-refractivity contribution in [3.8, 4) is 5.82 Å². The Morgan fingerprint density at radius 3 is 2.46 bits per heavy atom. The number of Topliss-reactive ketones (excluding diaryl/α,β-unsaturated/α-hetero) is 1. The largest absolute Gasteiger partial charge is 0.379 e.